The molecule has 0 spiro atoms. The Morgan fingerprint density at radius 3 is 2.00 bits per heavy atom. The minimum atomic E-state index is -4.77. The van der Waals surface area contributed by atoms with Gasteiger partial charge in [-0.15, -0.1) is 13.2 Å². The van der Waals surface area contributed by atoms with Crippen molar-refractivity contribution in [3.05, 3.63) is 66.1 Å². The number of carbonyl (C=O) groups is 1. The molecule has 0 aliphatic heterocycles. The van der Waals surface area contributed by atoms with Crippen LogP contribution in [0.25, 0.3) is 0 Å². The molecule has 0 saturated carbocycles. The van der Waals surface area contributed by atoms with Crippen LogP contribution in [-0.2, 0) is 0 Å². The summed E-state index contributed by atoms with van der Waals surface area (Å²) in [6, 6.07) is 12.6. The molecular formula is C18H13ClF3N5O2. The lowest BCUT2D eigenvalue weighted by Crippen LogP contribution is -2.19. The largest absolute Gasteiger partial charge is 0.573 e. The molecule has 0 bridgehead atoms. The molecule has 0 fully saturated rings. The van der Waals surface area contributed by atoms with Gasteiger partial charge in [-0.1, -0.05) is 0 Å². The van der Waals surface area contributed by atoms with E-state index < -0.39 is 12.4 Å². The highest BCUT2D eigenvalue weighted by molar-refractivity contribution is 6.28. The topological polar surface area (TPSA) is 88.2 Å². The van der Waals surface area contributed by atoms with Gasteiger partial charge in [-0.2, -0.15) is 0 Å². The van der Waals surface area contributed by atoms with Gasteiger partial charge in [0, 0.05) is 23.3 Å². The molecule has 11 heteroatoms. The van der Waals surface area contributed by atoms with Crippen molar-refractivity contribution in [3.63, 3.8) is 0 Å². The second-order valence-corrected chi connectivity index (χ2v) is 5.90. The van der Waals surface area contributed by atoms with Crippen molar-refractivity contribution in [2.75, 3.05) is 16.0 Å². The number of amides is 2. The second-order valence-electron chi connectivity index (χ2n) is 5.56. The third kappa shape index (κ3) is 6.54. The van der Waals surface area contributed by atoms with E-state index in [0.717, 1.165) is 12.1 Å². The number of halogens is 4. The Kier molecular flexibility index (Phi) is 6.03. The zero-order valence-corrected chi connectivity index (χ0v) is 15.3. The summed E-state index contributed by atoms with van der Waals surface area (Å²) >= 11 is 5.72. The summed E-state index contributed by atoms with van der Waals surface area (Å²) in [6.07, 6.45) is -3.26. The van der Waals surface area contributed by atoms with E-state index in [1.807, 2.05) is 0 Å². The van der Waals surface area contributed by atoms with Gasteiger partial charge in [0.25, 0.3) is 0 Å². The molecule has 3 N–H and O–H groups in total. The number of rotatable bonds is 5. The normalized spacial score (nSPS) is 10.9. The number of urea groups is 1. The number of alkyl halides is 3. The van der Waals surface area contributed by atoms with E-state index in [4.69, 9.17) is 11.6 Å². The van der Waals surface area contributed by atoms with E-state index in [9.17, 15) is 18.0 Å². The van der Waals surface area contributed by atoms with Gasteiger partial charge in [-0.25, -0.2) is 14.8 Å². The van der Waals surface area contributed by atoms with Crippen molar-refractivity contribution in [2.24, 2.45) is 0 Å². The summed E-state index contributed by atoms with van der Waals surface area (Å²) in [5.74, 6) is 0.137. The lowest BCUT2D eigenvalue weighted by atomic mass is 10.2. The van der Waals surface area contributed by atoms with E-state index in [1.54, 1.807) is 30.3 Å². The maximum atomic E-state index is 12.1. The zero-order chi connectivity index (χ0) is 20.9. The van der Waals surface area contributed by atoms with Crippen molar-refractivity contribution < 1.29 is 22.7 Å². The Morgan fingerprint density at radius 1 is 0.897 bits per heavy atom. The fourth-order valence-electron chi connectivity index (χ4n) is 2.22. The van der Waals surface area contributed by atoms with E-state index in [-0.39, 0.29) is 11.0 Å². The minimum Gasteiger partial charge on any atom is -0.406 e. The van der Waals surface area contributed by atoms with E-state index >= 15 is 0 Å². The van der Waals surface area contributed by atoms with Crippen LogP contribution in [0.5, 0.6) is 5.75 Å². The van der Waals surface area contributed by atoms with Crippen molar-refractivity contribution in [3.8, 4) is 5.75 Å². The van der Waals surface area contributed by atoms with Gasteiger partial charge in [-0.05, 0) is 66.2 Å². The SMILES string of the molecule is O=C(Nc1ccc(Nc2ccnc(Cl)n2)cc1)Nc1ccc(OC(F)(F)F)cc1. The van der Waals surface area contributed by atoms with Crippen LogP contribution >= 0.6 is 11.6 Å². The van der Waals surface area contributed by atoms with E-state index in [1.165, 1.54) is 18.3 Å². The molecule has 7 nitrogen and oxygen atoms in total. The Bertz CT molecular complexity index is 982. The maximum absolute atomic E-state index is 12.1. The number of benzene rings is 2. The van der Waals surface area contributed by atoms with Gasteiger partial charge in [0.1, 0.15) is 11.6 Å². The molecule has 0 radical (unpaired) electrons. The van der Waals surface area contributed by atoms with Crippen molar-refractivity contribution >= 4 is 40.5 Å². The number of hydrogen-bond acceptors (Lipinski definition) is 5. The average molecular weight is 424 g/mol. The van der Waals surface area contributed by atoms with Gasteiger partial charge in [-0.3, -0.25) is 0 Å². The van der Waals surface area contributed by atoms with Gasteiger partial charge >= 0.3 is 12.4 Å². The Morgan fingerprint density at radius 2 is 1.45 bits per heavy atom. The second kappa shape index (κ2) is 8.65. The highest BCUT2D eigenvalue weighted by Crippen LogP contribution is 2.24. The number of carbonyl (C=O) groups excluding carboxylic acids is 1. The highest BCUT2D eigenvalue weighted by Gasteiger charge is 2.30. The number of nitrogens with one attached hydrogen (secondary N) is 3. The predicted octanol–water partition coefficient (Wildman–Crippen LogP) is 5.42. The number of ether oxygens (including phenoxy) is 1. The predicted molar refractivity (Wildman–Crippen MR) is 103 cm³/mol. The molecule has 1 heterocycles. The van der Waals surface area contributed by atoms with Crippen molar-refractivity contribution in [1.82, 2.24) is 9.97 Å². The quantitative estimate of drug-likeness (QED) is 0.477. The van der Waals surface area contributed by atoms with Crippen molar-refractivity contribution in [2.45, 2.75) is 6.36 Å². The molecule has 2 aromatic carbocycles. The Hall–Kier alpha value is -3.53. The van der Waals surface area contributed by atoms with Gasteiger partial charge < -0.3 is 20.7 Å². The van der Waals surface area contributed by atoms with Gasteiger partial charge in [0.15, 0.2) is 0 Å². The van der Waals surface area contributed by atoms with Crippen LogP contribution in [0.1, 0.15) is 0 Å². The Labute approximate surface area is 167 Å². The summed E-state index contributed by atoms with van der Waals surface area (Å²) < 4.78 is 40.2. The molecule has 0 unspecified atom stereocenters. The highest BCUT2D eigenvalue weighted by atomic mass is 35.5. The molecule has 0 atom stereocenters. The van der Waals surface area contributed by atoms with Crippen LogP contribution < -0.4 is 20.7 Å². The maximum Gasteiger partial charge on any atom is 0.573 e. The minimum absolute atomic E-state index is 0.114. The first-order valence-corrected chi connectivity index (χ1v) is 8.44. The monoisotopic (exact) mass is 423 g/mol. The molecule has 3 aromatic rings. The lowest BCUT2D eigenvalue weighted by molar-refractivity contribution is -0.274. The van der Waals surface area contributed by atoms with Crippen LogP contribution in [0.2, 0.25) is 5.28 Å². The Balaban J connectivity index is 1.54. The summed E-state index contributed by atoms with van der Waals surface area (Å²) in [4.78, 5) is 19.8. The molecule has 0 saturated heterocycles. The summed E-state index contributed by atoms with van der Waals surface area (Å²) in [5.41, 5.74) is 1.52. The number of hydrogen-bond donors (Lipinski definition) is 3. The molecule has 1 aromatic heterocycles. The summed E-state index contributed by atoms with van der Waals surface area (Å²) in [5, 5.41) is 8.26. The smallest absolute Gasteiger partial charge is 0.406 e. The van der Waals surface area contributed by atoms with Crippen LogP contribution in [0.4, 0.5) is 40.8 Å². The van der Waals surface area contributed by atoms with Crippen LogP contribution in [0.3, 0.4) is 0 Å². The van der Waals surface area contributed by atoms with Crippen LogP contribution in [0, 0.1) is 0 Å². The standard InChI is InChI=1S/C18H13ClF3N5O2/c19-16-23-10-9-15(27-16)24-11-1-3-12(4-2-11)25-17(28)26-13-5-7-14(8-6-13)29-18(20,21)22/h1-10H,(H,23,24,27)(H2,25,26,28). The molecule has 150 valence electrons. The van der Waals surface area contributed by atoms with Crippen LogP contribution in [0.15, 0.2) is 60.8 Å². The molecule has 3 rings (SSSR count). The third-order valence-electron chi connectivity index (χ3n) is 3.39. The lowest BCUT2D eigenvalue weighted by Gasteiger charge is -2.11. The fraction of sp³-hybridized carbons (Fsp3) is 0.0556. The van der Waals surface area contributed by atoms with E-state index in [2.05, 4.69) is 30.7 Å². The number of aromatic nitrogens is 2. The zero-order valence-electron chi connectivity index (χ0n) is 14.5. The van der Waals surface area contributed by atoms with Gasteiger partial charge in [0.2, 0.25) is 5.28 Å². The van der Waals surface area contributed by atoms with E-state index in [0.29, 0.717) is 22.9 Å². The van der Waals surface area contributed by atoms with Crippen LogP contribution in [-0.4, -0.2) is 22.4 Å². The first-order valence-electron chi connectivity index (χ1n) is 8.06. The summed E-state index contributed by atoms with van der Waals surface area (Å²) in [7, 11) is 0. The third-order valence-corrected chi connectivity index (χ3v) is 3.57. The molecule has 0 aliphatic rings. The average Bonchev–Trinajstić information content (AvgIpc) is 2.64. The first-order chi connectivity index (χ1) is 13.8. The molecule has 29 heavy (non-hydrogen) atoms. The summed E-state index contributed by atoms with van der Waals surface area (Å²) in [6.45, 7) is 0. The molecule has 0 aliphatic carbocycles. The van der Waals surface area contributed by atoms with Gasteiger partial charge in [0.05, 0.1) is 0 Å². The first kappa shape index (κ1) is 20.2. The number of anilines is 4. The molecule has 2 amide bonds. The number of nitrogens with zero attached hydrogens (tertiary/aromatic N) is 2. The fourth-order valence-corrected chi connectivity index (χ4v) is 2.37. The molecular weight excluding hydrogens is 411 g/mol. The van der Waals surface area contributed by atoms with Crippen molar-refractivity contribution in [1.29, 1.82) is 0 Å².